The largest absolute Gasteiger partial charge is 0.394 e. The lowest BCUT2D eigenvalue weighted by atomic mass is 9.99. The summed E-state index contributed by atoms with van der Waals surface area (Å²) in [7, 11) is 0. The summed E-state index contributed by atoms with van der Waals surface area (Å²) in [6, 6.07) is 4.11. The van der Waals surface area contributed by atoms with E-state index in [0.29, 0.717) is 5.75 Å². The molecule has 0 atom stereocenters. The summed E-state index contributed by atoms with van der Waals surface area (Å²) in [4.78, 5) is 13.1. The van der Waals surface area contributed by atoms with Gasteiger partial charge < -0.3 is 10.4 Å². The Labute approximate surface area is 116 Å². The van der Waals surface area contributed by atoms with Gasteiger partial charge in [0.2, 0.25) is 5.91 Å². The van der Waals surface area contributed by atoms with Crippen LogP contribution < -0.4 is 5.32 Å². The minimum Gasteiger partial charge on any atom is -0.394 e. The van der Waals surface area contributed by atoms with E-state index in [1.165, 1.54) is 4.88 Å². The molecule has 0 unspecified atom stereocenters. The quantitative estimate of drug-likeness (QED) is 0.844. The van der Waals surface area contributed by atoms with Crippen LogP contribution in [0.1, 0.15) is 30.6 Å². The van der Waals surface area contributed by atoms with E-state index in [1.54, 1.807) is 23.1 Å². The number of carbonyl (C=O) groups excluding carboxylic acids is 1. The van der Waals surface area contributed by atoms with Crippen molar-refractivity contribution in [1.29, 1.82) is 0 Å². The van der Waals surface area contributed by atoms with Crippen molar-refractivity contribution in [3.63, 3.8) is 0 Å². The fourth-order valence-corrected chi connectivity index (χ4v) is 4.01. The van der Waals surface area contributed by atoms with E-state index in [-0.39, 0.29) is 18.1 Å². The number of hydrogen-bond donors (Lipinski definition) is 2. The maximum Gasteiger partial charge on any atom is 0.230 e. The number of amides is 1. The lowest BCUT2D eigenvalue weighted by Gasteiger charge is -2.27. The van der Waals surface area contributed by atoms with E-state index in [0.717, 1.165) is 31.4 Å². The first-order valence-corrected chi connectivity index (χ1v) is 8.29. The third kappa shape index (κ3) is 3.73. The highest BCUT2D eigenvalue weighted by molar-refractivity contribution is 7.99. The molecule has 0 saturated heterocycles. The number of nitrogens with one attached hydrogen (secondary N) is 1. The fraction of sp³-hybridized carbons (Fsp3) is 0.615. The zero-order valence-corrected chi connectivity index (χ0v) is 12.0. The molecule has 1 aromatic heterocycles. The van der Waals surface area contributed by atoms with Gasteiger partial charge >= 0.3 is 0 Å². The van der Waals surface area contributed by atoms with Gasteiger partial charge in [-0.3, -0.25) is 4.79 Å². The Hall–Kier alpha value is -0.520. The smallest absolute Gasteiger partial charge is 0.230 e. The summed E-state index contributed by atoms with van der Waals surface area (Å²) in [6.07, 6.45) is 4.02. The maximum absolute atomic E-state index is 11.9. The summed E-state index contributed by atoms with van der Waals surface area (Å²) >= 11 is 3.35. The van der Waals surface area contributed by atoms with Crippen molar-refractivity contribution in [2.75, 3.05) is 12.4 Å². The SMILES string of the molecule is O=C(CSCc1cccs1)NC1(CO)CCCC1. The van der Waals surface area contributed by atoms with Gasteiger partial charge in [-0.25, -0.2) is 0 Å². The van der Waals surface area contributed by atoms with Crippen LogP contribution in [0.4, 0.5) is 0 Å². The highest BCUT2D eigenvalue weighted by Crippen LogP contribution is 2.29. The maximum atomic E-state index is 11.9. The minimum absolute atomic E-state index is 0.0486. The molecule has 0 aromatic carbocycles. The van der Waals surface area contributed by atoms with Crippen LogP contribution >= 0.6 is 23.1 Å². The summed E-state index contributed by atoms with van der Waals surface area (Å²) in [6.45, 7) is 0.0638. The zero-order chi connectivity index (χ0) is 12.8. The number of aliphatic hydroxyl groups is 1. The lowest BCUT2D eigenvalue weighted by Crippen LogP contribution is -2.49. The van der Waals surface area contributed by atoms with E-state index >= 15 is 0 Å². The number of thioether (sulfide) groups is 1. The van der Waals surface area contributed by atoms with Gasteiger partial charge in [0.15, 0.2) is 0 Å². The topological polar surface area (TPSA) is 49.3 Å². The molecule has 5 heteroatoms. The van der Waals surface area contributed by atoms with E-state index in [4.69, 9.17) is 0 Å². The van der Waals surface area contributed by atoms with E-state index in [2.05, 4.69) is 16.8 Å². The molecule has 2 rings (SSSR count). The van der Waals surface area contributed by atoms with Gasteiger partial charge in [-0.15, -0.1) is 23.1 Å². The average molecular weight is 285 g/mol. The third-order valence-electron chi connectivity index (χ3n) is 3.33. The molecule has 1 aromatic rings. The van der Waals surface area contributed by atoms with Gasteiger partial charge in [0, 0.05) is 10.6 Å². The Morgan fingerprint density at radius 1 is 1.50 bits per heavy atom. The standard InChI is InChI=1S/C13H19NO2S2/c15-10-13(5-1-2-6-13)14-12(16)9-17-8-11-4-3-7-18-11/h3-4,7,15H,1-2,5-6,8-10H2,(H,14,16). The molecule has 3 nitrogen and oxygen atoms in total. The van der Waals surface area contributed by atoms with E-state index in [1.807, 2.05) is 6.07 Å². The summed E-state index contributed by atoms with van der Waals surface area (Å²) in [5.41, 5.74) is -0.333. The van der Waals surface area contributed by atoms with Crippen LogP contribution in [0.5, 0.6) is 0 Å². The Bertz CT molecular complexity index is 372. The molecule has 100 valence electrons. The number of rotatable bonds is 6. The second kappa shape index (κ2) is 6.59. The molecule has 1 aliphatic carbocycles. The highest BCUT2D eigenvalue weighted by Gasteiger charge is 2.34. The first-order chi connectivity index (χ1) is 8.74. The molecule has 0 spiro atoms. The summed E-state index contributed by atoms with van der Waals surface area (Å²) < 4.78 is 0. The highest BCUT2D eigenvalue weighted by atomic mass is 32.2. The van der Waals surface area contributed by atoms with Gasteiger partial charge in [0.05, 0.1) is 17.9 Å². The second-order valence-corrected chi connectivity index (χ2v) is 6.78. The van der Waals surface area contributed by atoms with Gasteiger partial charge in [-0.2, -0.15) is 0 Å². The van der Waals surface area contributed by atoms with Crippen molar-refractivity contribution in [2.24, 2.45) is 0 Å². The van der Waals surface area contributed by atoms with Gasteiger partial charge in [0.25, 0.3) is 0 Å². The molecule has 0 aliphatic heterocycles. The van der Waals surface area contributed by atoms with Gasteiger partial charge in [0.1, 0.15) is 0 Å². The minimum atomic E-state index is -0.333. The summed E-state index contributed by atoms with van der Waals surface area (Å²) in [5, 5.41) is 14.5. The molecule has 18 heavy (non-hydrogen) atoms. The van der Waals surface area contributed by atoms with Crippen molar-refractivity contribution in [3.05, 3.63) is 22.4 Å². The fourth-order valence-electron chi connectivity index (χ4n) is 2.35. The van der Waals surface area contributed by atoms with E-state index in [9.17, 15) is 9.90 Å². The van der Waals surface area contributed by atoms with Crippen molar-refractivity contribution in [1.82, 2.24) is 5.32 Å². The third-order valence-corrected chi connectivity index (χ3v) is 5.37. The summed E-state index contributed by atoms with van der Waals surface area (Å²) in [5.74, 6) is 1.41. The molecule has 1 fully saturated rings. The number of aliphatic hydroxyl groups excluding tert-OH is 1. The first-order valence-electron chi connectivity index (χ1n) is 6.26. The van der Waals surface area contributed by atoms with Crippen LogP contribution in [0, 0.1) is 0 Å². The molecule has 1 aliphatic rings. The van der Waals surface area contributed by atoms with Crippen molar-refractivity contribution in [3.8, 4) is 0 Å². The Morgan fingerprint density at radius 3 is 2.89 bits per heavy atom. The van der Waals surface area contributed by atoms with E-state index < -0.39 is 0 Å². The van der Waals surface area contributed by atoms with Crippen LogP contribution in [0.15, 0.2) is 17.5 Å². The molecular weight excluding hydrogens is 266 g/mol. The van der Waals surface area contributed by atoms with Crippen LogP contribution in [0.2, 0.25) is 0 Å². The number of hydrogen-bond acceptors (Lipinski definition) is 4. The Kier molecular flexibility index (Phi) is 5.09. The normalized spacial score (nSPS) is 17.8. The molecule has 1 amide bonds. The molecule has 1 heterocycles. The van der Waals surface area contributed by atoms with Crippen LogP contribution in [0.3, 0.4) is 0 Å². The number of carbonyl (C=O) groups is 1. The van der Waals surface area contributed by atoms with Crippen LogP contribution in [0.25, 0.3) is 0 Å². The predicted molar refractivity (Wildman–Crippen MR) is 76.9 cm³/mol. The first kappa shape index (κ1) is 13.9. The van der Waals surface area contributed by atoms with Crippen molar-refractivity contribution >= 4 is 29.0 Å². The van der Waals surface area contributed by atoms with Crippen molar-refractivity contribution in [2.45, 2.75) is 37.0 Å². The Balaban J connectivity index is 1.71. The molecule has 1 saturated carbocycles. The van der Waals surface area contributed by atoms with Crippen molar-refractivity contribution < 1.29 is 9.90 Å². The van der Waals surface area contributed by atoms with Crippen LogP contribution in [-0.2, 0) is 10.5 Å². The monoisotopic (exact) mass is 285 g/mol. The van der Waals surface area contributed by atoms with Gasteiger partial charge in [-0.05, 0) is 24.3 Å². The Morgan fingerprint density at radius 2 is 2.28 bits per heavy atom. The van der Waals surface area contributed by atoms with Crippen LogP contribution in [-0.4, -0.2) is 28.9 Å². The molecule has 2 N–H and O–H groups in total. The average Bonchev–Trinajstić information content (AvgIpc) is 3.01. The van der Waals surface area contributed by atoms with Gasteiger partial charge in [-0.1, -0.05) is 18.9 Å². The molecular formula is C13H19NO2S2. The lowest BCUT2D eigenvalue weighted by molar-refractivity contribution is -0.121. The zero-order valence-electron chi connectivity index (χ0n) is 10.4. The predicted octanol–water partition coefficient (Wildman–Crippen LogP) is 2.40. The number of thiophene rings is 1. The second-order valence-electron chi connectivity index (χ2n) is 4.77. The molecule has 0 bridgehead atoms. The molecule has 0 radical (unpaired) electrons.